The maximum atomic E-state index is 11.9. The maximum absolute atomic E-state index is 11.9. The van der Waals surface area contributed by atoms with E-state index in [1.54, 1.807) is 6.92 Å². The van der Waals surface area contributed by atoms with Gasteiger partial charge in [-0.15, -0.1) is 0 Å². The fourth-order valence-electron chi connectivity index (χ4n) is 1.75. The summed E-state index contributed by atoms with van der Waals surface area (Å²) >= 11 is 0. The highest BCUT2D eigenvalue weighted by atomic mass is 32.2. The number of carbonyl (C=O) groups is 2. The van der Waals surface area contributed by atoms with Gasteiger partial charge in [0.05, 0.1) is 13.2 Å². The monoisotopic (exact) mass is 279 g/mol. The van der Waals surface area contributed by atoms with Crippen LogP contribution in [-0.2, 0) is 24.5 Å². The summed E-state index contributed by atoms with van der Waals surface area (Å²) < 4.78 is 31.6. The Morgan fingerprint density at radius 2 is 2.17 bits per heavy atom. The van der Waals surface area contributed by atoms with E-state index in [0.717, 1.165) is 4.31 Å². The lowest BCUT2D eigenvalue weighted by atomic mass is 10.2. The van der Waals surface area contributed by atoms with Crippen molar-refractivity contribution < 1.29 is 22.7 Å². The molecule has 1 amide bonds. The van der Waals surface area contributed by atoms with Crippen LogP contribution in [0.5, 0.6) is 0 Å². The second kappa shape index (κ2) is 6.12. The third kappa shape index (κ3) is 3.65. The lowest BCUT2D eigenvalue weighted by Gasteiger charge is -2.22. The van der Waals surface area contributed by atoms with Gasteiger partial charge in [0.2, 0.25) is 5.91 Å². The molecule has 0 bridgehead atoms. The number of primary amides is 1. The van der Waals surface area contributed by atoms with Crippen LogP contribution in [0.3, 0.4) is 0 Å². The van der Waals surface area contributed by atoms with Crippen LogP contribution in [0.4, 0.5) is 0 Å². The predicted octanol–water partition coefficient (Wildman–Crippen LogP) is -1.67. The predicted molar refractivity (Wildman–Crippen MR) is 62.5 cm³/mol. The molecule has 0 radical (unpaired) electrons. The molecule has 1 aliphatic heterocycles. The van der Waals surface area contributed by atoms with E-state index in [0.29, 0.717) is 12.8 Å². The highest BCUT2D eigenvalue weighted by Crippen LogP contribution is 2.21. The van der Waals surface area contributed by atoms with E-state index in [1.807, 2.05) is 4.72 Å². The van der Waals surface area contributed by atoms with Crippen LogP contribution >= 0.6 is 0 Å². The smallest absolute Gasteiger partial charge is 0.324 e. The molecular weight excluding hydrogens is 262 g/mol. The second-order valence-corrected chi connectivity index (χ2v) is 5.52. The molecule has 3 N–H and O–H groups in total. The number of carbonyl (C=O) groups excluding carboxylic acids is 2. The van der Waals surface area contributed by atoms with Crippen molar-refractivity contribution in [2.75, 3.05) is 19.7 Å². The van der Waals surface area contributed by atoms with Crippen molar-refractivity contribution in [2.24, 2.45) is 5.73 Å². The normalized spacial score (nSPS) is 20.8. The molecule has 1 aliphatic rings. The summed E-state index contributed by atoms with van der Waals surface area (Å²) in [6.45, 7) is 1.57. The zero-order valence-electron chi connectivity index (χ0n) is 10.1. The number of nitrogens with zero attached hydrogens (tertiary/aromatic N) is 1. The minimum atomic E-state index is -3.89. The maximum Gasteiger partial charge on any atom is 0.324 e. The molecule has 1 heterocycles. The van der Waals surface area contributed by atoms with Gasteiger partial charge < -0.3 is 10.5 Å². The summed E-state index contributed by atoms with van der Waals surface area (Å²) in [7, 11) is -3.89. The van der Waals surface area contributed by atoms with Crippen molar-refractivity contribution in [3.63, 3.8) is 0 Å². The molecule has 1 fully saturated rings. The molecule has 9 heteroatoms. The van der Waals surface area contributed by atoms with Gasteiger partial charge in [-0.1, -0.05) is 0 Å². The molecule has 1 rings (SSSR count). The Bertz CT molecular complexity index is 422. The third-order valence-corrected chi connectivity index (χ3v) is 4.06. The Kier molecular flexibility index (Phi) is 5.05. The quantitative estimate of drug-likeness (QED) is 0.564. The van der Waals surface area contributed by atoms with Crippen molar-refractivity contribution in [1.82, 2.24) is 9.03 Å². The topological polar surface area (TPSA) is 119 Å². The molecule has 1 saturated heterocycles. The van der Waals surface area contributed by atoms with Crippen molar-refractivity contribution in [3.05, 3.63) is 0 Å². The molecule has 104 valence electrons. The number of hydrogen-bond acceptors (Lipinski definition) is 5. The van der Waals surface area contributed by atoms with Crippen LogP contribution in [0.1, 0.15) is 19.8 Å². The Morgan fingerprint density at radius 1 is 1.50 bits per heavy atom. The molecule has 0 saturated carbocycles. The van der Waals surface area contributed by atoms with E-state index in [-0.39, 0.29) is 13.2 Å². The van der Waals surface area contributed by atoms with E-state index in [2.05, 4.69) is 0 Å². The van der Waals surface area contributed by atoms with Crippen LogP contribution in [0.2, 0.25) is 0 Å². The summed E-state index contributed by atoms with van der Waals surface area (Å²) in [5.74, 6) is -1.36. The molecule has 1 unspecified atom stereocenters. The Balaban J connectivity index is 2.74. The molecular formula is C9H17N3O5S. The number of rotatable bonds is 6. The first kappa shape index (κ1) is 14.9. The fraction of sp³-hybridized carbons (Fsp3) is 0.778. The van der Waals surface area contributed by atoms with Gasteiger partial charge >= 0.3 is 5.97 Å². The van der Waals surface area contributed by atoms with E-state index >= 15 is 0 Å². The number of nitrogens with one attached hydrogen (secondary N) is 1. The van der Waals surface area contributed by atoms with Crippen molar-refractivity contribution in [1.29, 1.82) is 0 Å². The number of nitrogens with two attached hydrogens (primary N) is 1. The average Bonchev–Trinajstić information content (AvgIpc) is 2.76. The van der Waals surface area contributed by atoms with Gasteiger partial charge in [0, 0.05) is 6.54 Å². The summed E-state index contributed by atoms with van der Waals surface area (Å²) in [4.78, 5) is 22.2. The van der Waals surface area contributed by atoms with Gasteiger partial charge in [0.1, 0.15) is 6.04 Å². The second-order valence-electron chi connectivity index (χ2n) is 3.81. The standard InChI is InChI=1S/C9H17N3O5S/c1-2-17-9(14)7-4-3-5-12(7)18(15,16)11-6-8(10)13/h7,11H,2-6H2,1H3,(H2,10,13). The fourth-order valence-corrected chi connectivity index (χ4v) is 3.13. The van der Waals surface area contributed by atoms with Crippen LogP contribution < -0.4 is 10.5 Å². The minimum absolute atomic E-state index is 0.192. The summed E-state index contributed by atoms with van der Waals surface area (Å²) in [5, 5.41) is 0. The largest absolute Gasteiger partial charge is 0.465 e. The Hall–Kier alpha value is -1.19. The van der Waals surface area contributed by atoms with E-state index < -0.39 is 34.7 Å². The highest BCUT2D eigenvalue weighted by Gasteiger charge is 2.39. The molecule has 0 aromatic heterocycles. The van der Waals surface area contributed by atoms with Crippen LogP contribution in [0.25, 0.3) is 0 Å². The van der Waals surface area contributed by atoms with Crippen LogP contribution in [0, 0.1) is 0 Å². The van der Waals surface area contributed by atoms with Gasteiger partial charge in [-0.2, -0.15) is 17.4 Å². The van der Waals surface area contributed by atoms with Crippen molar-refractivity contribution >= 4 is 22.1 Å². The zero-order valence-corrected chi connectivity index (χ0v) is 10.9. The van der Waals surface area contributed by atoms with Crippen LogP contribution in [-0.4, -0.2) is 50.3 Å². The number of esters is 1. The molecule has 8 nitrogen and oxygen atoms in total. The molecule has 0 aliphatic carbocycles. The van der Waals surface area contributed by atoms with Crippen LogP contribution in [0.15, 0.2) is 0 Å². The van der Waals surface area contributed by atoms with Gasteiger partial charge in [0.15, 0.2) is 0 Å². The minimum Gasteiger partial charge on any atom is -0.465 e. The Labute approximate surface area is 106 Å². The lowest BCUT2D eigenvalue weighted by Crippen LogP contribution is -2.48. The zero-order chi connectivity index (χ0) is 13.8. The van der Waals surface area contributed by atoms with Crippen molar-refractivity contribution in [2.45, 2.75) is 25.8 Å². The molecule has 0 aromatic carbocycles. The number of hydrogen-bond donors (Lipinski definition) is 2. The molecule has 1 atom stereocenters. The average molecular weight is 279 g/mol. The van der Waals surface area contributed by atoms with E-state index in [1.165, 1.54) is 0 Å². The first-order chi connectivity index (χ1) is 8.38. The molecule has 0 spiro atoms. The molecule has 18 heavy (non-hydrogen) atoms. The van der Waals surface area contributed by atoms with Gasteiger partial charge in [-0.05, 0) is 19.8 Å². The highest BCUT2D eigenvalue weighted by molar-refractivity contribution is 7.87. The van der Waals surface area contributed by atoms with E-state index in [9.17, 15) is 18.0 Å². The van der Waals surface area contributed by atoms with Crippen molar-refractivity contribution in [3.8, 4) is 0 Å². The SMILES string of the molecule is CCOC(=O)C1CCCN1S(=O)(=O)NCC(N)=O. The first-order valence-corrected chi connectivity index (χ1v) is 7.04. The van der Waals surface area contributed by atoms with Gasteiger partial charge in [-0.25, -0.2) is 0 Å². The van der Waals surface area contributed by atoms with Gasteiger partial charge in [-0.3, -0.25) is 9.59 Å². The third-order valence-electron chi connectivity index (χ3n) is 2.50. The first-order valence-electron chi connectivity index (χ1n) is 5.60. The van der Waals surface area contributed by atoms with Gasteiger partial charge in [0.25, 0.3) is 10.2 Å². The number of amides is 1. The molecule has 0 aromatic rings. The number of ether oxygens (including phenoxy) is 1. The Morgan fingerprint density at radius 3 is 2.72 bits per heavy atom. The summed E-state index contributed by atoms with van der Waals surface area (Å²) in [5.41, 5.74) is 4.86. The van der Waals surface area contributed by atoms with E-state index in [4.69, 9.17) is 10.5 Å². The lowest BCUT2D eigenvalue weighted by molar-refractivity contribution is -0.146. The summed E-state index contributed by atoms with van der Waals surface area (Å²) in [6.07, 6.45) is 0.983. The summed E-state index contributed by atoms with van der Waals surface area (Å²) in [6, 6.07) is -0.824.